The Kier molecular flexibility index (Phi) is 2.56. The van der Waals surface area contributed by atoms with Gasteiger partial charge in [-0.2, -0.15) is 0 Å². The van der Waals surface area contributed by atoms with Crippen molar-refractivity contribution in [3.05, 3.63) is 58.5 Å². The molecule has 0 saturated carbocycles. The maximum absolute atomic E-state index is 12.2. The summed E-state index contributed by atoms with van der Waals surface area (Å²) in [6, 6.07) is 10.9. The second kappa shape index (κ2) is 4.24. The van der Waals surface area contributed by atoms with Crippen LogP contribution in [-0.4, -0.2) is 15.1 Å². The van der Waals surface area contributed by atoms with Gasteiger partial charge in [-0.25, -0.2) is 4.98 Å². The molecular weight excluding hydrogens is 240 g/mol. The molecule has 0 saturated heterocycles. The molecule has 0 radical (unpaired) electrons. The van der Waals surface area contributed by atoms with Crippen molar-refractivity contribution in [1.82, 2.24) is 9.97 Å². The zero-order valence-corrected chi connectivity index (χ0v) is 10.3. The first-order valence-corrected chi connectivity index (χ1v) is 5.94. The highest BCUT2D eigenvalue weighted by Crippen LogP contribution is 2.32. The van der Waals surface area contributed by atoms with E-state index in [2.05, 4.69) is 9.97 Å². The number of aromatic nitrogens is 2. The quantitative estimate of drug-likeness (QED) is 0.699. The number of hydrogen-bond donors (Lipinski definition) is 2. The summed E-state index contributed by atoms with van der Waals surface area (Å²) in [7, 11) is 0. The average molecular weight is 252 g/mol. The lowest BCUT2D eigenvalue weighted by Crippen LogP contribution is -2.10. The maximum Gasteiger partial charge on any atom is 0.261 e. The largest absolute Gasteiger partial charge is 0.506 e. The molecule has 4 heteroatoms. The first-order chi connectivity index (χ1) is 9.18. The molecule has 0 fully saturated rings. The van der Waals surface area contributed by atoms with Gasteiger partial charge in [0.05, 0.1) is 10.9 Å². The topological polar surface area (TPSA) is 66.0 Å². The van der Waals surface area contributed by atoms with Crippen LogP contribution in [0.15, 0.2) is 47.4 Å². The Labute approximate surface area is 109 Å². The number of aromatic hydroxyl groups is 1. The van der Waals surface area contributed by atoms with Gasteiger partial charge in [0.1, 0.15) is 11.4 Å². The third-order valence-corrected chi connectivity index (χ3v) is 3.17. The number of H-pyrrole nitrogens is 1. The predicted octanol–water partition coefficient (Wildman–Crippen LogP) is 2.60. The van der Waals surface area contributed by atoms with E-state index in [1.807, 2.05) is 31.2 Å². The zero-order valence-electron chi connectivity index (χ0n) is 10.3. The van der Waals surface area contributed by atoms with Crippen molar-refractivity contribution in [1.29, 1.82) is 0 Å². The molecule has 0 atom stereocenters. The van der Waals surface area contributed by atoms with E-state index in [-0.39, 0.29) is 11.3 Å². The number of pyridine rings is 2. The van der Waals surface area contributed by atoms with Crippen LogP contribution in [0.5, 0.6) is 5.75 Å². The van der Waals surface area contributed by atoms with Crippen molar-refractivity contribution in [2.75, 3.05) is 0 Å². The maximum atomic E-state index is 12.2. The number of aryl methyl sites for hydroxylation is 1. The van der Waals surface area contributed by atoms with Crippen LogP contribution in [0.25, 0.3) is 22.2 Å². The van der Waals surface area contributed by atoms with Crippen LogP contribution >= 0.6 is 0 Å². The first kappa shape index (κ1) is 11.5. The van der Waals surface area contributed by atoms with E-state index < -0.39 is 0 Å². The van der Waals surface area contributed by atoms with Crippen LogP contribution in [-0.2, 0) is 0 Å². The van der Waals surface area contributed by atoms with Gasteiger partial charge in [0.25, 0.3) is 5.56 Å². The molecule has 2 aromatic heterocycles. The van der Waals surface area contributed by atoms with Crippen molar-refractivity contribution in [2.24, 2.45) is 0 Å². The van der Waals surface area contributed by atoms with Crippen LogP contribution in [0.1, 0.15) is 5.56 Å². The van der Waals surface area contributed by atoms with Crippen molar-refractivity contribution in [2.45, 2.75) is 6.92 Å². The molecule has 4 nitrogen and oxygen atoms in total. The van der Waals surface area contributed by atoms with Crippen LogP contribution in [0.3, 0.4) is 0 Å². The van der Waals surface area contributed by atoms with Gasteiger partial charge in [0.15, 0.2) is 0 Å². The fourth-order valence-corrected chi connectivity index (χ4v) is 2.21. The number of benzene rings is 1. The lowest BCUT2D eigenvalue weighted by molar-refractivity contribution is 0.482. The van der Waals surface area contributed by atoms with E-state index in [1.54, 1.807) is 18.3 Å². The smallest absolute Gasteiger partial charge is 0.261 e. The highest BCUT2D eigenvalue weighted by Gasteiger charge is 2.15. The molecule has 0 bridgehead atoms. The van der Waals surface area contributed by atoms with Gasteiger partial charge < -0.3 is 10.1 Å². The third-order valence-electron chi connectivity index (χ3n) is 3.17. The SMILES string of the molecule is Cc1ccccc1-c1c(O)c2cccnc2[nH]c1=O. The summed E-state index contributed by atoms with van der Waals surface area (Å²) in [4.78, 5) is 18.9. The molecule has 0 aliphatic carbocycles. The molecular formula is C15H12N2O2. The summed E-state index contributed by atoms with van der Waals surface area (Å²) in [6.45, 7) is 1.90. The van der Waals surface area contributed by atoms with E-state index in [0.29, 0.717) is 16.6 Å². The molecule has 0 aliphatic rings. The second-order valence-corrected chi connectivity index (χ2v) is 4.39. The average Bonchev–Trinajstić information content (AvgIpc) is 2.41. The summed E-state index contributed by atoms with van der Waals surface area (Å²) in [6.07, 6.45) is 1.57. The third kappa shape index (κ3) is 1.78. The van der Waals surface area contributed by atoms with E-state index in [9.17, 15) is 9.90 Å². The second-order valence-electron chi connectivity index (χ2n) is 4.39. The number of aromatic amines is 1. The molecule has 3 rings (SSSR count). The summed E-state index contributed by atoms with van der Waals surface area (Å²) < 4.78 is 0. The highest BCUT2D eigenvalue weighted by molar-refractivity contribution is 5.90. The van der Waals surface area contributed by atoms with Gasteiger partial charge in [-0.3, -0.25) is 4.79 Å². The molecule has 0 unspecified atom stereocenters. The van der Waals surface area contributed by atoms with Crippen molar-refractivity contribution in [3.63, 3.8) is 0 Å². The van der Waals surface area contributed by atoms with Gasteiger partial charge in [0, 0.05) is 6.20 Å². The van der Waals surface area contributed by atoms with E-state index in [1.165, 1.54) is 0 Å². The Morgan fingerprint density at radius 1 is 1.16 bits per heavy atom. The summed E-state index contributed by atoms with van der Waals surface area (Å²) in [5.74, 6) is -0.0267. The molecule has 19 heavy (non-hydrogen) atoms. The lowest BCUT2D eigenvalue weighted by Gasteiger charge is -2.09. The van der Waals surface area contributed by atoms with Crippen LogP contribution in [0.4, 0.5) is 0 Å². The normalized spacial score (nSPS) is 10.8. The van der Waals surface area contributed by atoms with Crippen LogP contribution < -0.4 is 5.56 Å². The van der Waals surface area contributed by atoms with Gasteiger partial charge >= 0.3 is 0 Å². The van der Waals surface area contributed by atoms with E-state index in [0.717, 1.165) is 11.1 Å². The molecule has 2 heterocycles. The number of nitrogens with zero attached hydrogens (tertiary/aromatic N) is 1. The van der Waals surface area contributed by atoms with Gasteiger partial charge in [-0.15, -0.1) is 0 Å². The summed E-state index contributed by atoms with van der Waals surface area (Å²) in [5.41, 5.74) is 2.01. The molecule has 1 aromatic carbocycles. The predicted molar refractivity (Wildman–Crippen MR) is 74.2 cm³/mol. The van der Waals surface area contributed by atoms with Gasteiger partial charge in [-0.1, -0.05) is 24.3 Å². The standard InChI is InChI=1S/C15H12N2O2/c1-9-5-2-3-6-10(9)12-13(18)11-7-4-8-16-14(11)17-15(12)19/h2-8H,1H3,(H2,16,17,18,19). The Bertz CT molecular complexity index is 822. The summed E-state index contributed by atoms with van der Waals surface area (Å²) in [5, 5.41) is 10.9. The number of hydrogen-bond acceptors (Lipinski definition) is 3. The Hall–Kier alpha value is -2.62. The zero-order chi connectivity index (χ0) is 13.4. The fourth-order valence-electron chi connectivity index (χ4n) is 2.21. The minimum Gasteiger partial charge on any atom is -0.506 e. The van der Waals surface area contributed by atoms with Crippen molar-refractivity contribution in [3.8, 4) is 16.9 Å². The Balaban J connectivity index is 2.43. The fraction of sp³-hybridized carbons (Fsp3) is 0.0667. The lowest BCUT2D eigenvalue weighted by atomic mass is 10.00. The molecule has 0 amide bonds. The number of fused-ring (bicyclic) bond motifs is 1. The summed E-state index contributed by atoms with van der Waals surface area (Å²) >= 11 is 0. The first-order valence-electron chi connectivity index (χ1n) is 5.94. The minimum absolute atomic E-state index is 0.0267. The monoisotopic (exact) mass is 252 g/mol. The molecule has 0 aliphatic heterocycles. The van der Waals surface area contributed by atoms with Gasteiger partial charge in [-0.05, 0) is 30.2 Å². The molecule has 94 valence electrons. The molecule has 2 N–H and O–H groups in total. The minimum atomic E-state index is -0.335. The number of rotatable bonds is 1. The Morgan fingerprint density at radius 3 is 2.74 bits per heavy atom. The van der Waals surface area contributed by atoms with Crippen LogP contribution in [0, 0.1) is 6.92 Å². The van der Waals surface area contributed by atoms with Crippen molar-refractivity contribution >= 4 is 11.0 Å². The van der Waals surface area contributed by atoms with E-state index in [4.69, 9.17) is 0 Å². The van der Waals surface area contributed by atoms with Gasteiger partial charge in [0.2, 0.25) is 0 Å². The van der Waals surface area contributed by atoms with Crippen LogP contribution in [0.2, 0.25) is 0 Å². The van der Waals surface area contributed by atoms with Crippen molar-refractivity contribution < 1.29 is 5.11 Å². The highest BCUT2D eigenvalue weighted by atomic mass is 16.3. The Morgan fingerprint density at radius 2 is 1.95 bits per heavy atom. The molecule has 3 aromatic rings. The number of nitrogens with one attached hydrogen (secondary N) is 1. The molecule has 0 spiro atoms. The van der Waals surface area contributed by atoms with E-state index >= 15 is 0 Å².